The second-order valence-corrected chi connectivity index (χ2v) is 12.1. The number of ketones is 1. The number of hydrogen-bond donors (Lipinski definition) is 3. The predicted molar refractivity (Wildman–Crippen MR) is 166 cm³/mol. The molecule has 0 atom stereocenters. The number of nitrogens with one attached hydrogen (secondary N) is 2. The third kappa shape index (κ3) is 6.10. The molecule has 3 aromatic heterocycles. The number of aliphatic hydroxyl groups excluding tert-OH is 1. The summed E-state index contributed by atoms with van der Waals surface area (Å²) in [6.45, 7) is 4.23. The largest absolute Gasteiger partial charge is 0.494 e. The molecule has 1 aliphatic rings. The normalized spacial score (nSPS) is 13.4. The van der Waals surface area contributed by atoms with E-state index in [2.05, 4.69) is 26.3 Å². The number of nitrogens with zero attached hydrogens (tertiary/aromatic N) is 4. The van der Waals surface area contributed by atoms with Crippen molar-refractivity contribution in [3.05, 3.63) is 70.5 Å². The molecule has 12 heteroatoms. The van der Waals surface area contributed by atoms with Crippen LogP contribution in [0.25, 0.3) is 27.2 Å². The van der Waals surface area contributed by atoms with Crippen LogP contribution >= 0.6 is 11.3 Å². The van der Waals surface area contributed by atoms with Crippen molar-refractivity contribution in [3.8, 4) is 22.5 Å². The molecule has 2 amide bonds. The number of H-pyrrole nitrogens is 1. The predicted octanol–water partition coefficient (Wildman–Crippen LogP) is 4.37. The Hall–Kier alpha value is -4.86. The van der Waals surface area contributed by atoms with E-state index >= 15 is 0 Å². The Bertz CT molecular complexity index is 1790. The van der Waals surface area contributed by atoms with Gasteiger partial charge in [0.2, 0.25) is 0 Å². The Morgan fingerprint density at radius 2 is 1.89 bits per heavy atom. The fourth-order valence-electron chi connectivity index (χ4n) is 5.25. The van der Waals surface area contributed by atoms with E-state index in [1.54, 1.807) is 0 Å². The Morgan fingerprint density at radius 3 is 2.55 bits per heavy atom. The van der Waals surface area contributed by atoms with Gasteiger partial charge in [0.05, 0.1) is 47.6 Å². The van der Waals surface area contributed by atoms with Crippen LogP contribution in [-0.4, -0.2) is 74.9 Å². The summed E-state index contributed by atoms with van der Waals surface area (Å²) in [7, 11) is 1.46. The molecule has 3 N–H and O–H groups in total. The summed E-state index contributed by atoms with van der Waals surface area (Å²) in [5.74, 6) is -1.34. The van der Waals surface area contributed by atoms with Crippen molar-refractivity contribution in [3.63, 3.8) is 0 Å². The minimum atomic E-state index is -0.687. The maximum atomic E-state index is 13.6. The zero-order valence-electron chi connectivity index (χ0n) is 24.6. The number of ether oxygens (including phenoxy) is 1. The monoisotopic (exact) mass is 612 g/mol. The number of aliphatic hydroxyl groups is 1. The highest BCUT2D eigenvalue weighted by Crippen LogP contribution is 2.36. The molecule has 0 unspecified atom stereocenters. The molecule has 0 spiro atoms. The molecule has 1 saturated heterocycles. The summed E-state index contributed by atoms with van der Waals surface area (Å²) in [5, 5.41) is 22.8. The minimum Gasteiger partial charge on any atom is -0.494 e. The van der Waals surface area contributed by atoms with Crippen LogP contribution in [-0.2, 0) is 4.79 Å². The number of Topliss-reactive ketones (excluding diaryl/α,β-unsaturated/α-hetero) is 1. The van der Waals surface area contributed by atoms with Crippen molar-refractivity contribution >= 4 is 45.4 Å². The lowest BCUT2D eigenvalue weighted by Gasteiger charge is -2.28. The number of carbonyl (C=O) groups is 3. The highest BCUT2D eigenvalue weighted by Gasteiger charge is 2.31. The number of rotatable bonds is 9. The molecular weight excluding hydrogens is 580 g/mol. The van der Waals surface area contributed by atoms with Gasteiger partial charge in [-0.25, -0.2) is 9.97 Å². The number of piperidine rings is 1. The standard InChI is InChI=1S/C32H32N6O5S/c1-32(2,11-14-39)37-29(41)24-18-36-30(44-24)27-26-25(23(43-3)17-35-27)22(16-34-26)28(40)31(42)38-12-9-20(10-13-38)21(15-33)19-7-5-4-6-8-19/h4-8,16-18,34,39H,9-14H2,1-3H3,(H,37,41). The Morgan fingerprint density at radius 1 is 1.16 bits per heavy atom. The first-order chi connectivity index (χ1) is 21.2. The van der Waals surface area contributed by atoms with E-state index in [-0.39, 0.29) is 18.1 Å². The number of thiazole rings is 1. The van der Waals surface area contributed by atoms with Crippen LogP contribution in [0.3, 0.4) is 0 Å². The van der Waals surface area contributed by atoms with Crippen molar-refractivity contribution < 1.29 is 24.2 Å². The topological polar surface area (TPSA) is 161 Å². The maximum Gasteiger partial charge on any atom is 0.295 e. The van der Waals surface area contributed by atoms with Crippen molar-refractivity contribution in [1.82, 2.24) is 25.2 Å². The van der Waals surface area contributed by atoms with Gasteiger partial charge in [0.1, 0.15) is 21.3 Å². The van der Waals surface area contributed by atoms with E-state index in [0.29, 0.717) is 70.2 Å². The number of benzene rings is 1. The summed E-state index contributed by atoms with van der Waals surface area (Å²) < 4.78 is 5.51. The summed E-state index contributed by atoms with van der Waals surface area (Å²) >= 11 is 1.13. The van der Waals surface area contributed by atoms with Gasteiger partial charge in [-0.1, -0.05) is 30.3 Å². The van der Waals surface area contributed by atoms with Crippen LogP contribution < -0.4 is 10.1 Å². The summed E-state index contributed by atoms with van der Waals surface area (Å²) in [6, 6.07) is 11.7. The van der Waals surface area contributed by atoms with Gasteiger partial charge in [0.15, 0.2) is 0 Å². The first-order valence-electron chi connectivity index (χ1n) is 14.1. The second-order valence-electron chi connectivity index (χ2n) is 11.0. The quantitative estimate of drug-likeness (QED) is 0.143. The van der Waals surface area contributed by atoms with E-state index in [0.717, 1.165) is 22.5 Å². The SMILES string of the molecule is COc1cnc(-c2ncc(C(=O)NC(C)(C)CCO)s2)c2[nH]cc(C(=O)C(=O)N3CCC(=C(C#N)c4ccccc4)CC3)c12. The number of carbonyl (C=O) groups excluding carboxylic acids is 3. The van der Waals surface area contributed by atoms with Crippen LogP contribution in [0.2, 0.25) is 0 Å². The lowest BCUT2D eigenvalue weighted by molar-refractivity contribution is -0.126. The smallest absolute Gasteiger partial charge is 0.295 e. The molecular formula is C32H32N6O5S. The van der Waals surface area contributed by atoms with Gasteiger partial charge < -0.3 is 25.0 Å². The van der Waals surface area contributed by atoms with Gasteiger partial charge in [-0.05, 0) is 44.2 Å². The third-order valence-electron chi connectivity index (χ3n) is 7.64. The number of pyridine rings is 1. The molecule has 4 heterocycles. The molecule has 5 rings (SSSR count). The molecule has 226 valence electrons. The van der Waals surface area contributed by atoms with Gasteiger partial charge in [-0.2, -0.15) is 5.26 Å². The number of nitriles is 1. The minimum absolute atomic E-state index is 0.0580. The summed E-state index contributed by atoms with van der Waals surface area (Å²) in [6.07, 6.45) is 5.78. The number of methoxy groups -OCH3 is 1. The molecule has 0 saturated carbocycles. The first-order valence-corrected chi connectivity index (χ1v) is 14.9. The van der Waals surface area contributed by atoms with Gasteiger partial charge in [-0.3, -0.25) is 14.4 Å². The van der Waals surface area contributed by atoms with Crippen molar-refractivity contribution in [1.29, 1.82) is 5.26 Å². The van der Waals surface area contributed by atoms with Crippen LogP contribution in [0.5, 0.6) is 5.75 Å². The summed E-state index contributed by atoms with van der Waals surface area (Å²) in [5.41, 5.74) is 2.82. The lowest BCUT2D eigenvalue weighted by atomic mass is 9.93. The molecule has 0 aliphatic carbocycles. The zero-order chi connectivity index (χ0) is 31.4. The van der Waals surface area contributed by atoms with Crippen molar-refractivity contribution in [2.24, 2.45) is 0 Å². The molecule has 11 nitrogen and oxygen atoms in total. The third-order valence-corrected chi connectivity index (χ3v) is 8.64. The number of amides is 2. The van der Waals surface area contributed by atoms with Gasteiger partial charge >= 0.3 is 0 Å². The second kappa shape index (κ2) is 12.8. The summed E-state index contributed by atoms with van der Waals surface area (Å²) in [4.78, 5) is 53.6. The number of allylic oxidation sites excluding steroid dienone is 1. The van der Waals surface area contributed by atoms with Crippen LogP contribution in [0.15, 0.2) is 54.5 Å². The number of aromatic nitrogens is 3. The fraction of sp³-hybridized carbons (Fsp3) is 0.312. The van der Waals surface area contributed by atoms with E-state index in [9.17, 15) is 24.8 Å². The lowest BCUT2D eigenvalue weighted by Crippen LogP contribution is -2.43. The average molecular weight is 613 g/mol. The highest BCUT2D eigenvalue weighted by atomic mass is 32.1. The van der Waals surface area contributed by atoms with E-state index in [4.69, 9.17) is 4.74 Å². The highest BCUT2D eigenvalue weighted by molar-refractivity contribution is 7.17. The molecule has 0 bridgehead atoms. The van der Waals surface area contributed by atoms with Crippen LogP contribution in [0.1, 0.15) is 58.7 Å². The molecule has 1 aromatic carbocycles. The molecule has 44 heavy (non-hydrogen) atoms. The van der Waals surface area contributed by atoms with E-state index in [1.807, 2.05) is 44.2 Å². The van der Waals surface area contributed by atoms with Crippen molar-refractivity contribution in [2.45, 2.75) is 38.6 Å². The zero-order valence-corrected chi connectivity index (χ0v) is 25.5. The van der Waals surface area contributed by atoms with Gasteiger partial charge in [-0.15, -0.1) is 11.3 Å². The fourth-order valence-corrected chi connectivity index (χ4v) is 6.07. The number of aromatic amines is 1. The van der Waals surface area contributed by atoms with E-state index < -0.39 is 17.2 Å². The molecule has 1 fully saturated rings. The number of hydrogen-bond acceptors (Lipinski definition) is 9. The van der Waals surface area contributed by atoms with Gasteiger partial charge in [0, 0.05) is 31.4 Å². The van der Waals surface area contributed by atoms with E-state index in [1.165, 1.54) is 30.6 Å². The first kappa shape index (κ1) is 30.6. The Labute approximate surface area is 258 Å². The van der Waals surface area contributed by atoms with Crippen molar-refractivity contribution in [2.75, 3.05) is 26.8 Å². The molecule has 4 aromatic rings. The molecule has 1 aliphatic heterocycles. The van der Waals surface area contributed by atoms with Crippen LogP contribution in [0, 0.1) is 11.3 Å². The Balaban J connectivity index is 1.38. The Kier molecular flexibility index (Phi) is 8.89. The number of fused-ring (bicyclic) bond motifs is 1. The molecule has 0 radical (unpaired) electrons. The number of likely N-dealkylation sites (tertiary alicyclic amines) is 1. The maximum absolute atomic E-state index is 13.6. The van der Waals surface area contributed by atoms with Crippen LogP contribution in [0.4, 0.5) is 0 Å². The average Bonchev–Trinajstić information content (AvgIpc) is 3.70. The van der Waals surface area contributed by atoms with Gasteiger partial charge in [0.25, 0.3) is 17.6 Å².